The van der Waals surface area contributed by atoms with Gasteiger partial charge in [0.05, 0.1) is 19.0 Å². The maximum absolute atomic E-state index is 5.40. The van der Waals surface area contributed by atoms with Crippen molar-refractivity contribution in [2.24, 2.45) is 0 Å². The van der Waals surface area contributed by atoms with E-state index in [0.717, 1.165) is 25.1 Å². The van der Waals surface area contributed by atoms with E-state index in [1.807, 2.05) is 17.8 Å². The highest BCUT2D eigenvalue weighted by Crippen LogP contribution is 2.23. The summed E-state index contributed by atoms with van der Waals surface area (Å²) in [5.41, 5.74) is 2.49. The molecule has 0 amide bonds. The molecule has 108 valence electrons. The number of nitrogens with one attached hydrogen (secondary N) is 1. The van der Waals surface area contributed by atoms with E-state index in [9.17, 15) is 0 Å². The van der Waals surface area contributed by atoms with Gasteiger partial charge in [0.1, 0.15) is 0 Å². The minimum Gasteiger partial charge on any atom is -0.493 e. The van der Waals surface area contributed by atoms with Crippen molar-refractivity contribution in [2.45, 2.75) is 32.4 Å². The number of aromatic nitrogens is 2. The van der Waals surface area contributed by atoms with Crippen LogP contribution < -0.4 is 10.1 Å². The van der Waals surface area contributed by atoms with Gasteiger partial charge in [-0.25, -0.2) is 0 Å². The second-order valence-electron chi connectivity index (χ2n) is 4.77. The van der Waals surface area contributed by atoms with E-state index < -0.39 is 0 Å². The van der Waals surface area contributed by atoms with Gasteiger partial charge in [-0.3, -0.25) is 4.68 Å². The van der Waals surface area contributed by atoms with Crippen molar-refractivity contribution in [3.8, 4) is 5.75 Å². The molecule has 0 spiro atoms. The molecule has 1 N–H and O–H groups in total. The van der Waals surface area contributed by atoms with E-state index in [-0.39, 0.29) is 0 Å². The monoisotopic (exact) mass is 273 g/mol. The second-order valence-corrected chi connectivity index (χ2v) is 4.77. The Morgan fingerprint density at radius 3 is 2.65 bits per heavy atom. The molecule has 1 heterocycles. The van der Waals surface area contributed by atoms with E-state index in [1.165, 1.54) is 11.3 Å². The molecule has 0 bridgehead atoms. The van der Waals surface area contributed by atoms with Crippen molar-refractivity contribution in [3.05, 3.63) is 47.8 Å². The van der Waals surface area contributed by atoms with Crippen LogP contribution in [-0.2, 0) is 13.0 Å². The summed E-state index contributed by atoms with van der Waals surface area (Å²) in [5, 5.41) is 7.74. The summed E-state index contributed by atoms with van der Waals surface area (Å²) in [6.45, 7) is 2.97. The lowest BCUT2D eigenvalue weighted by atomic mass is 10.0. The average molecular weight is 273 g/mol. The summed E-state index contributed by atoms with van der Waals surface area (Å²) >= 11 is 0. The van der Waals surface area contributed by atoms with E-state index in [1.54, 1.807) is 13.3 Å². The minimum absolute atomic E-state index is 0.348. The third-order valence-corrected chi connectivity index (χ3v) is 3.65. The van der Waals surface area contributed by atoms with Gasteiger partial charge in [0.15, 0.2) is 5.75 Å². The highest BCUT2D eigenvalue weighted by Gasteiger charge is 2.14. The smallest absolute Gasteiger partial charge is 0.159 e. The van der Waals surface area contributed by atoms with Crippen molar-refractivity contribution in [3.63, 3.8) is 0 Å². The molecular weight excluding hydrogens is 250 g/mol. The molecule has 1 unspecified atom stereocenters. The van der Waals surface area contributed by atoms with Crippen LogP contribution in [0.25, 0.3) is 0 Å². The maximum atomic E-state index is 5.40. The third kappa shape index (κ3) is 3.20. The number of nitrogens with zero attached hydrogens (tertiary/aromatic N) is 2. The van der Waals surface area contributed by atoms with Crippen LogP contribution in [0.3, 0.4) is 0 Å². The van der Waals surface area contributed by atoms with Crippen LogP contribution in [0.2, 0.25) is 0 Å². The first kappa shape index (κ1) is 14.6. The topological polar surface area (TPSA) is 39.1 Å². The van der Waals surface area contributed by atoms with Crippen LogP contribution in [0.4, 0.5) is 0 Å². The zero-order valence-electron chi connectivity index (χ0n) is 12.5. The molecule has 0 aliphatic carbocycles. The molecular formula is C16H23N3O. The molecule has 0 saturated heterocycles. The summed E-state index contributed by atoms with van der Waals surface area (Å²) in [6.07, 6.45) is 3.76. The fraction of sp³-hybridized carbons (Fsp3) is 0.438. The van der Waals surface area contributed by atoms with Crippen molar-refractivity contribution < 1.29 is 4.74 Å². The Balaban J connectivity index is 2.09. The zero-order valence-corrected chi connectivity index (χ0v) is 12.5. The highest BCUT2D eigenvalue weighted by molar-refractivity contribution is 5.26. The fourth-order valence-electron chi connectivity index (χ4n) is 2.53. The largest absolute Gasteiger partial charge is 0.493 e. The van der Waals surface area contributed by atoms with E-state index in [4.69, 9.17) is 4.74 Å². The minimum atomic E-state index is 0.348. The SMILES string of the molecule is CCn1ncc(OC)c1CCC(NC)c1ccccc1. The number of hydrogen-bond donors (Lipinski definition) is 1. The van der Waals surface area contributed by atoms with Gasteiger partial charge < -0.3 is 10.1 Å². The lowest BCUT2D eigenvalue weighted by molar-refractivity contribution is 0.404. The maximum Gasteiger partial charge on any atom is 0.159 e. The molecule has 4 heteroatoms. The van der Waals surface area contributed by atoms with Crippen LogP contribution in [0.15, 0.2) is 36.5 Å². The molecule has 0 aliphatic rings. The highest BCUT2D eigenvalue weighted by atomic mass is 16.5. The molecule has 0 fully saturated rings. The number of aryl methyl sites for hydroxylation is 1. The molecule has 0 aliphatic heterocycles. The fourth-order valence-corrected chi connectivity index (χ4v) is 2.53. The van der Waals surface area contributed by atoms with Crippen molar-refractivity contribution in [1.29, 1.82) is 0 Å². The van der Waals surface area contributed by atoms with Gasteiger partial charge >= 0.3 is 0 Å². The molecule has 0 radical (unpaired) electrons. The molecule has 20 heavy (non-hydrogen) atoms. The Bertz CT molecular complexity index is 500. The van der Waals surface area contributed by atoms with Gasteiger partial charge in [0.2, 0.25) is 0 Å². The summed E-state index contributed by atoms with van der Waals surface area (Å²) in [7, 11) is 3.71. The molecule has 0 saturated carbocycles. The summed E-state index contributed by atoms with van der Waals surface area (Å²) in [6, 6.07) is 10.9. The quantitative estimate of drug-likeness (QED) is 0.843. The van der Waals surface area contributed by atoms with Gasteiger partial charge in [0.25, 0.3) is 0 Å². The van der Waals surface area contributed by atoms with E-state index in [0.29, 0.717) is 6.04 Å². The number of methoxy groups -OCH3 is 1. The Kier molecular flexibility index (Phi) is 5.18. The normalized spacial score (nSPS) is 12.3. The molecule has 2 rings (SSSR count). The Morgan fingerprint density at radius 2 is 2.05 bits per heavy atom. The van der Waals surface area contributed by atoms with Crippen molar-refractivity contribution in [2.75, 3.05) is 14.2 Å². The van der Waals surface area contributed by atoms with Crippen molar-refractivity contribution >= 4 is 0 Å². The lowest BCUT2D eigenvalue weighted by Gasteiger charge is -2.17. The first-order valence-corrected chi connectivity index (χ1v) is 7.11. The van der Waals surface area contributed by atoms with Gasteiger partial charge in [-0.15, -0.1) is 0 Å². The Hall–Kier alpha value is -1.81. The van der Waals surface area contributed by atoms with Crippen LogP contribution in [-0.4, -0.2) is 23.9 Å². The Labute approximate surface area is 120 Å². The van der Waals surface area contributed by atoms with E-state index >= 15 is 0 Å². The molecule has 1 aromatic heterocycles. The van der Waals surface area contributed by atoms with Crippen LogP contribution >= 0.6 is 0 Å². The number of benzene rings is 1. The summed E-state index contributed by atoms with van der Waals surface area (Å²) in [4.78, 5) is 0. The van der Waals surface area contributed by atoms with Gasteiger partial charge in [-0.2, -0.15) is 5.10 Å². The second kappa shape index (κ2) is 7.10. The van der Waals surface area contributed by atoms with Gasteiger partial charge in [-0.1, -0.05) is 30.3 Å². The van der Waals surface area contributed by atoms with Crippen molar-refractivity contribution in [1.82, 2.24) is 15.1 Å². The van der Waals surface area contributed by atoms with Gasteiger partial charge in [0, 0.05) is 12.6 Å². The molecule has 4 nitrogen and oxygen atoms in total. The number of rotatable bonds is 7. The molecule has 1 atom stereocenters. The van der Waals surface area contributed by atoms with Gasteiger partial charge in [-0.05, 0) is 32.4 Å². The predicted molar refractivity (Wildman–Crippen MR) is 81.0 cm³/mol. The van der Waals surface area contributed by atoms with Crippen LogP contribution in [0.5, 0.6) is 5.75 Å². The Morgan fingerprint density at radius 1 is 1.30 bits per heavy atom. The molecule has 1 aromatic carbocycles. The average Bonchev–Trinajstić information content (AvgIpc) is 2.91. The summed E-state index contributed by atoms with van der Waals surface area (Å²) in [5.74, 6) is 0.884. The first-order chi connectivity index (χ1) is 9.80. The van der Waals surface area contributed by atoms with Crippen LogP contribution in [0.1, 0.15) is 30.6 Å². The number of hydrogen-bond acceptors (Lipinski definition) is 3. The standard InChI is InChI=1S/C16H23N3O/c1-4-19-15(16(20-3)12-18-19)11-10-14(17-2)13-8-6-5-7-9-13/h5-9,12,14,17H,4,10-11H2,1-3H3. The first-order valence-electron chi connectivity index (χ1n) is 7.11. The third-order valence-electron chi connectivity index (χ3n) is 3.65. The zero-order chi connectivity index (χ0) is 14.4. The number of ether oxygens (including phenoxy) is 1. The summed E-state index contributed by atoms with van der Waals surface area (Å²) < 4.78 is 7.41. The van der Waals surface area contributed by atoms with Crippen LogP contribution in [0, 0.1) is 0 Å². The lowest BCUT2D eigenvalue weighted by Crippen LogP contribution is -2.18. The molecule has 2 aromatic rings. The predicted octanol–water partition coefficient (Wildman–Crippen LogP) is 2.80. The van der Waals surface area contributed by atoms with E-state index in [2.05, 4.69) is 41.6 Å².